The lowest BCUT2D eigenvalue weighted by Gasteiger charge is -2.08. The van der Waals surface area contributed by atoms with Gasteiger partial charge in [0.1, 0.15) is 12.1 Å². The van der Waals surface area contributed by atoms with E-state index in [1.807, 2.05) is 43.5 Å². The van der Waals surface area contributed by atoms with Crippen molar-refractivity contribution in [3.8, 4) is 17.4 Å². The molecule has 0 radical (unpaired) electrons. The van der Waals surface area contributed by atoms with Gasteiger partial charge >= 0.3 is 0 Å². The molecule has 7 heteroatoms. The first-order chi connectivity index (χ1) is 14.5. The molecule has 0 unspecified atom stereocenters. The average Bonchev–Trinajstić information content (AvgIpc) is 3.09. The predicted molar refractivity (Wildman–Crippen MR) is 114 cm³/mol. The Morgan fingerprint density at radius 1 is 0.900 bits per heavy atom. The molecule has 1 N–H and O–H groups in total. The summed E-state index contributed by atoms with van der Waals surface area (Å²) >= 11 is 0. The van der Waals surface area contributed by atoms with E-state index in [1.54, 1.807) is 48.8 Å². The molecule has 0 fully saturated rings. The van der Waals surface area contributed by atoms with E-state index in [0.29, 0.717) is 28.7 Å². The van der Waals surface area contributed by atoms with Crippen molar-refractivity contribution in [2.45, 2.75) is 20.8 Å². The smallest absolute Gasteiger partial charge is 0.255 e. The van der Waals surface area contributed by atoms with E-state index in [-0.39, 0.29) is 5.91 Å². The lowest BCUT2D eigenvalue weighted by molar-refractivity contribution is 0.102. The normalized spacial score (nSPS) is 10.6. The van der Waals surface area contributed by atoms with Crippen LogP contribution in [0, 0.1) is 20.8 Å². The summed E-state index contributed by atoms with van der Waals surface area (Å²) in [5.41, 5.74) is 4.37. The molecule has 0 aliphatic carbocycles. The van der Waals surface area contributed by atoms with Gasteiger partial charge in [-0.1, -0.05) is 17.7 Å². The van der Waals surface area contributed by atoms with Crippen molar-refractivity contribution in [1.29, 1.82) is 0 Å². The second-order valence-corrected chi connectivity index (χ2v) is 6.96. The Morgan fingerprint density at radius 2 is 1.63 bits per heavy atom. The molecular weight excluding hydrogens is 378 g/mol. The monoisotopic (exact) mass is 399 g/mol. The fourth-order valence-electron chi connectivity index (χ4n) is 2.86. The van der Waals surface area contributed by atoms with Gasteiger partial charge in [-0.05, 0) is 63.2 Å². The molecule has 150 valence electrons. The number of carbonyl (C=O) groups is 1. The van der Waals surface area contributed by atoms with Crippen LogP contribution in [0.15, 0.2) is 67.0 Å². The molecule has 0 saturated carbocycles. The number of rotatable bonds is 5. The number of amides is 1. The van der Waals surface area contributed by atoms with Crippen molar-refractivity contribution in [2.24, 2.45) is 0 Å². The molecule has 0 saturated heterocycles. The second kappa shape index (κ2) is 8.16. The van der Waals surface area contributed by atoms with E-state index in [9.17, 15) is 4.79 Å². The number of ether oxygens (including phenoxy) is 1. The Labute approximate surface area is 174 Å². The van der Waals surface area contributed by atoms with E-state index >= 15 is 0 Å². The molecule has 30 heavy (non-hydrogen) atoms. The molecule has 0 atom stereocenters. The Kier molecular flexibility index (Phi) is 5.26. The van der Waals surface area contributed by atoms with Gasteiger partial charge in [-0.25, -0.2) is 4.98 Å². The minimum absolute atomic E-state index is 0.157. The maximum absolute atomic E-state index is 12.3. The van der Waals surface area contributed by atoms with Crippen LogP contribution >= 0.6 is 0 Å². The van der Waals surface area contributed by atoms with Crippen LogP contribution in [0.25, 0.3) is 5.82 Å². The summed E-state index contributed by atoms with van der Waals surface area (Å²) in [5.74, 6) is 1.49. The summed E-state index contributed by atoms with van der Waals surface area (Å²) in [6.45, 7) is 5.91. The van der Waals surface area contributed by atoms with Gasteiger partial charge in [-0.2, -0.15) is 0 Å². The van der Waals surface area contributed by atoms with Crippen LogP contribution in [0.4, 0.5) is 5.69 Å². The minimum Gasteiger partial charge on any atom is -0.438 e. The largest absolute Gasteiger partial charge is 0.438 e. The topological polar surface area (TPSA) is 81.9 Å². The fourth-order valence-corrected chi connectivity index (χ4v) is 2.86. The van der Waals surface area contributed by atoms with Gasteiger partial charge in [0.15, 0.2) is 5.82 Å². The van der Waals surface area contributed by atoms with Crippen molar-refractivity contribution in [3.63, 3.8) is 0 Å². The third kappa shape index (κ3) is 4.20. The Bertz CT molecular complexity index is 1160. The van der Waals surface area contributed by atoms with E-state index in [1.165, 1.54) is 0 Å². The molecule has 0 spiro atoms. The molecule has 7 nitrogen and oxygen atoms in total. The number of nitrogens with zero attached hydrogens (tertiary/aromatic N) is 4. The Hall–Kier alpha value is -4.00. The maximum Gasteiger partial charge on any atom is 0.255 e. The van der Waals surface area contributed by atoms with Crippen molar-refractivity contribution in [1.82, 2.24) is 19.7 Å². The molecule has 2 aromatic carbocycles. The zero-order chi connectivity index (χ0) is 21.1. The van der Waals surface area contributed by atoms with E-state index in [0.717, 1.165) is 17.0 Å². The fraction of sp³-hybridized carbons (Fsp3) is 0.130. The number of imidazole rings is 1. The average molecular weight is 399 g/mol. The summed E-state index contributed by atoms with van der Waals surface area (Å²) in [5, 5.41) is 11.2. The number of aromatic nitrogens is 4. The number of benzene rings is 2. The highest BCUT2D eigenvalue weighted by molar-refractivity contribution is 6.04. The highest BCUT2D eigenvalue weighted by Crippen LogP contribution is 2.22. The summed E-state index contributed by atoms with van der Waals surface area (Å²) in [6.07, 6.45) is 1.72. The van der Waals surface area contributed by atoms with E-state index in [4.69, 9.17) is 4.74 Å². The van der Waals surface area contributed by atoms with Gasteiger partial charge in [0.25, 0.3) is 5.91 Å². The number of hydrogen-bond donors (Lipinski definition) is 1. The molecule has 0 bridgehead atoms. The van der Waals surface area contributed by atoms with Crippen molar-refractivity contribution < 1.29 is 9.53 Å². The maximum atomic E-state index is 12.3. The van der Waals surface area contributed by atoms with Gasteiger partial charge in [0.2, 0.25) is 5.88 Å². The minimum atomic E-state index is -0.157. The highest BCUT2D eigenvalue weighted by atomic mass is 16.5. The number of hydrogen-bond acceptors (Lipinski definition) is 5. The third-order valence-electron chi connectivity index (χ3n) is 4.77. The van der Waals surface area contributed by atoms with Crippen LogP contribution in [-0.4, -0.2) is 25.7 Å². The summed E-state index contributed by atoms with van der Waals surface area (Å²) in [7, 11) is 0. The molecule has 0 aliphatic rings. The second-order valence-electron chi connectivity index (χ2n) is 6.96. The van der Waals surface area contributed by atoms with Crippen LogP contribution in [0.1, 0.15) is 27.3 Å². The summed E-state index contributed by atoms with van der Waals surface area (Å²) in [4.78, 5) is 16.6. The van der Waals surface area contributed by atoms with Gasteiger partial charge < -0.3 is 10.1 Å². The van der Waals surface area contributed by atoms with Gasteiger partial charge in [0.05, 0.1) is 5.69 Å². The van der Waals surface area contributed by atoms with Crippen LogP contribution in [0.3, 0.4) is 0 Å². The van der Waals surface area contributed by atoms with Gasteiger partial charge in [0, 0.05) is 23.0 Å². The number of aryl methyl sites for hydroxylation is 2. The quantitative estimate of drug-likeness (QED) is 0.529. The number of nitrogens with one attached hydrogen (secondary N) is 1. The predicted octanol–water partition coefficient (Wildman–Crippen LogP) is 4.63. The lowest BCUT2D eigenvalue weighted by atomic mass is 10.1. The zero-order valence-electron chi connectivity index (χ0n) is 17.0. The Balaban J connectivity index is 1.40. The first-order valence-corrected chi connectivity index (χ1v) is 9.50. The number of anilines is 1. The third-order valence-corrected chi connectivity index (χ3v) is 4.77. The molecule has 4 aromatic rings. The van der Waals surface area contributed by atoms with E-state index in [2.05, 4.69) is 20.5 Å². The summed E-state index contributed by atoms with van der Waals surface area (Å²) < 4.78 is 7.62. The Morgan fingerprint density at radius 3 is 2.23 bits per heavy atom. The van der Waals surface area contributed by atoms with Gasteiger partial charge in [-0.3, -0.25) is 9.36 Å². The molecule has 2 heterocycles. The SMILES string of the molecule is Cc1ccc(C(=O)Nc2ccc(Oc3ccc(-n4cnc(C)c4C)nn3)cc2)cc1. The van der Waals surface area contributed by atoms with Crippen molar-refractivity contribution in [3.05, 3.63) is 89.5 Å². The van der Waals surface area contributed by atoms with Crippen LogP contribution in [0.5, 0.6) is 11.6 Å². The molecule has 4 rings (SSSR count). The van der Waals surface area contributed by atoms with Crippen LogP contribution in [-0.2, 0) is 0 Å². The lowest BCUT2D eigenvalue weighted by Crippen LogP contribution is -2.11. The standard InChI is InChI=1S/C23H21N5O2/c1-15-4-6-18(7-5-15)23(29)25-19-8-10-20(11-9-19)30-22-13-12-21(26-27-22)28-14-24-16(2)17(28)3/h4-14H,1-3H3,(H,25,29). The molecule has 0 aliphatic heterocycles. The van der Waals surface area contributed by atoms with Crippen molar-refractivity contribution in [2.75, 3.05) is 5.32 Å². The molecule has 2 aromatic heterocycles. The van der Waals surface area contributed by atoms with Gasteiger partial charge in [-0.15, -0.1) is 10.2 Å². The van der Waals surface area contributed by atoms with E-state index < -0.39 is 0 Å². The zero-order valence-corrected chi connectivity index (χ0v) is 17.0. The molecule has 1 amide bonds. The van der Waals surface area contributed by atoms with Crippen LogP contribution < -0.4 is 10.1 Å². The first kappa shape index (κ1) is 19.3. The van der Waals surface area contributed by atoms with Crippen LogP contribution in [0.2, 0.25) is 0 Å². The first-order valence-electron chi connectivity index (χ1n) is 9.50. The molecular formula is C23H21N5O2. The highest BCUT2D eigenvalue weighted by Gasteiger charge is 2.08. The van der Waals surface area contributed by atoms with Crippen molar-refractivity contribution >= 4 is 11.6 Å². The summed E-state index contributed by atoms with van der Waals surface area (Å²) in [6, 6.07) is 18.1. The number of carbonyl (C=O) groups excluding carboxylic acids is 1.